The van der Waals surface area contributed by atoms with Crippen LogP contribution in [0.3, 0.4) is 0 Å². The fourth-order valence-electron chi connectivity index (χ4n) is 3.48. The van der Waals surface area contributed by atoms with Crippen LogP contribution in [0.25, 0.3) is 0 Å². The zero-order chi connectivity index (χ0) is 18.1. The summed E-state index contributed by atoms with van der Waals surface area (Å²) in [6.45, 7) is 6.64. The number of anilines is 2. The summed E-state index contributed by atoms with van der Waals surface area (Å²) in [6.07, 6.45) is 1.91. The largest absolute Gasteiger partial charge is 0.353 e. The molecule has 25 heavy (non-hydrogen) atoms. The van der Waals surface area contributed by atoms with Gasteiger partial charge in [0.15, 0.2) is 0 Å². The van der Waals surface area contributed by atoms with Crippen molar-refractivity contribution < 1.29 is 14.4 Å². The highest BCUT2D eigenvalue weighted by Crippen LogP contribution is 2.34. The van der Waals surface area contributed by atoms with E-state index in [1.54, 1.807) is 16.7 Å². The molecule has 0 aromatic heterocycles. The average Bonchev–Trinajstić information content (AvgIpc) is 3.17. The molecule has 1 aromatic rings. The molecule has 2 aliphatic rings. The molecule has 1 saturated heterocycles. The van der Waals surface area contributed by atoms with Crippen molar-refractivity contribution in [2.24, 2.45) is 5.92 Å². The molecule has 6 nitrogen and oxygen atoms in total. The Labute approximate surface area is 148 Å². The highest BCUT2D eigenvalue weighted by Gasteiger charge is 2.36. The number of hydrogen-bond acceptors (Lipinski definition) is 3. The number of fused-ring (bicyclic) bond motifs is 1. The average molecular weight is 343 g/mol. The van der Waals surface area contributed by atoms with Crippen LogP contribution in [0.15, 0.2) is 18.2 Å². The number of hydrogen-bond donors (Lipinski definition) is 1. The normalized spacial score (nSPS) is 20.6. The number of nitrogens with one attached hydrogen (secondary N) is 1. The summed E-state index contributed by atoms with van der Waals surface area (Å²) in [6, 6.07) is 5.87. The molecule has 0 spiro atoms. The molecule has 2 atom stereocenters. The van der Waals surface area contributed by atoms with Crippen molar-refractivity contribution >= 4 is 29.1 Å². The molecule has 0 radical (unpaired) electrons. The van der Waals surface area contributed by atoms with Gasteiger partial charge in [-0.3, -0.25) is 14.4 Å². The Kier molecular flexibility index (Phi) is 4.79. The van der Waals surface area contributed by atoms with E-state index in [4.69, 9.17) is 0 Å². The van der Waals surface area contributed by atoms with Crippen molar-refractivity contribution in [3.63, 3.8) is 0 Å². The van der Waals surface area contributed by atoms with Gasteiger partial charge >= 0.3 is 0 Å². The predicted octanol–water partition coefficient (Wildman–Crippen LogP) is 1.86. The molecule has 2 heterocycles. The molecule has 1 N–H and O–H groups in total. The minimum atomic E-state index is -0.302. The number of rotatable bonds is 4. The van der Waals surface area contributed by atoms with Crippen molar-refractivity contribution in [3.8, 4) is 0 Å². The van der Waals surface area contributed by atoms with E-state index in [2.05, 4.69) is 5.32 Å². The molecule has 0 bridgehead atoms. The molecule has 0 unspecified atom stereocenters. The SMILES string of the molecule is CC[C@H](C)NC(=O)[C@@H]1CC(=O)N(c2ccc3c(c2)CCN3C(C)=O)C1. The van der Waals surface area contributed by atoms with E-state index in [9.17, 15) is 14.4 Å². The molecular formula is C19H25N3O3. The van der Waals surface area contributed by atoms with Gasteiger partial charge < -0.3 is 15.1 Å². The number of nitrogens with zero attached hydrogens (tertiary/aromatic N) is 2. The van der Waals surface area contributed by atoms with E-state index in [0.29, 0.717) is 13.1 Å². The topological polar surface area (TPSA) is 69.7 Å². The van der Waals surface area contributed by atoms with Gasteiger partial charge in [-0.15, -0.1) is 0 Å². The van der Waals surface area contributed by atoms with Gasteiger partial charge in [-0.2, -0.15) is 0 Å². The first-order chi connectivity index (χ1) is 11.9. The van der Waals surface area contributed by atoms with Crippen molar-refractivity contribution in [1.82, 2.24) is 5.32 Å². The molecule has 1 aromatic carbocycles. The van der Waals surface area contributed by atoms with Gasteiger partial charge in [-0.1, -0.05) is 6.92 Å². The van der Waals surface area contributed by atoms with Crippen molar-refractivity contribution in [2.45, 2.75) is 46.1 Å². The first kappa shape index (κ1) is 17.5. The predicted molar refractivity (Wildman–Crippen MR) is 96.5 cm³/mol. The van der Waals surface area contributed by atoms with Gasteiger partial charge in [0, 0.05) is 43.9 Å². The van der Waals surface area contributed by atoms with Crippen LogP contribution in [0.4, 0.5) is 11.4 Å². The number of carbonyl (C=O) groups excluding carboxylic acids is 3. The monoisotopic (exact) mass is 343 g/mol. The Morgan fingerprint density at radius 2 is 2.12 bits per heavy atom. The van der Waals surface area contributed by atoms with Crippen LogP contribution in [0.5, 0.6) is 0 Å². The summed E-state index contributed by atoms with van der Waals surface area (Å²) in [5.74, 6) is -0.339. The van der Waals surface area contributed by atoms with E-state index >= 15 is 0 Å². The Morgan fingerprint density at radius 3 is 2.80 bits per heavy atom. The molecule has 2 aliphatic heterocycles. The van der Waals surface area contributed by atoms with Crippen LogP contribution in [-0.4, -0.2) is 36.9 Å². The molecule has 134 valence electrons. The molecule has 3 rings (SSSR count). The van der Waals surface area contributed by atoms with Crippen molar-refractivity contribution in [2.75, 3.05) is 22.9 Å². The lowest BCUT2D eigenvalue weighted by atomic mass is 10.1. The Bertz CT molecular complexity index is 716. The fourth-order valence-corrected chi connectivity index (χ4v) is 3.48. The zero-order valence-electron chi connectivity index (χ0n) is 15.0. The van der Waals surface area contributed by atoms with Gasteiger partial charge in [0.05, 0.1) is 5.92 Å². The summed E-state index contributed by atoms with van der Waals surface area (Å²) >= 11 is 0. The molecule has 0 aliphatic carbocycles. The molecule has 6 heteroatoms. The maximum atomic E-state index is 12.4. The molecule has 0 saturated carbocycles. The molecular weight excluding hydrogens is 318 g/mol. The van der Waals surface area contributed by atoms with Gasteiger partial charge in [0.2, 0.25) is 17.7 Å². The number of benzene rings is 1. The van der Waals surface area contributed by atoms with Gasteiger partial charge in [0.25, 0.3) is 0 Å². The van der Waals surface area contributed by atoms with Crippen molar-refractivity contribution in [3.05, 3.63) is 23.8 Å². The first-order valence-electron chi connectivity index (χ1n) is 8.92. The summed E-state index contributed by atoms with van der Waals surface area (Å²) in [7, 11) is 0. The summed E-state index contributed by atoms with van der Waals surface area (Å²) in [4.78, 5) is 39.8. The van der Waals surface area contributed by atoms with Crippen LogP contribution in [0.2, 0.25) is 0 Å². The van der Waals surface area contributed by atoms with Gasteiger partial charge in [-0.05, 0) is 43.5 Å². The summed E-state index contributed by atoms with van der Waals surface area (Å²) < 4.78 is 0. The third kappa shape index (κ3) is 3.38. The highest BCUT2D eigenvalue weighted by molar-refractivity contribution is 6.01. The second-order valence-electron chi connectivity index (χ2n) is 6.96. The van der Waals surface area contributed by atoms with E-state index in [1.165, 1.54) is 0 Å². The van der Waals surface area contributed by atoms with Crippen molar-refractivity contribution in [1.29, 1.82) is 0 Å². The number of amides is 3. The van der Waals surface area contributed by atoms with E-state index in [-0.39, 0.29) is 36.1 Å². The second kappa shape index (κ2) is 6.86. The molecule has 1 fully saturated rings. The minimum absolute atomic E-state index is 0.0225. The summed E-state index contributed by atoms with van der Waals surface area (Å²) in [5, 5.41) is 2.96. The molecule has 3 amide bonds. The Balaban J connectivity index is 1.74. The second-order valence-corrected chi connectivity index (χ2v) is 6.96. The quantitative estimate of drug-likeness (QED) is 0.907. The maximum absolute atomic E-state index is 12.4. The Hall–Kier alpha value is -2.37. The maximum Gasteiger partial charge on any atom is 0.227 e. The Morgan fingerprint density at radius 1 is 1.36 bits per heavy atom. The fraction of sp³-hybridized carbons (Fsp3) is 0.526. The van der Waals surface area contributed by atoms with Gasteiger partial charge in [-0.25, -0.2) is 0 Å². The number of carbonyl (C=O) groups is 3. The van der Waals surface area contributed by atoms with Crippen LogP contribution >= 0.6 is 0 Å². The van der Waals surface area contributed by atoms with E-state index in [0.717, 1.165) is 29.8 Å². The first-order valence-corrected chi connectivity index (χ1v) is 8.92. The third-order valence-corrected chi connectivity index (χ3v) is 5.15. The van der Waals surface area contributed by atoms with Crippen LogP contribution < -0.4 is 15.1 Å². The third-order valence-electron chi connectivity index (χ3n) is 5.15. The van der Waals surface area contributed by atoms with Crippen LogP contribution in [0.1, 0.15) is 39.2 Å². The van der Waals surface area contributed by atoms with Crippen LogP contribution in [-0.2, 0) is 20.8 Å². The smallest absolute Gasteiger partial charge is 0.227 e. The van der Waals surface area contributed by atoms with Gasteiger partial charge in [0.1, 0.15) is 0 Å². The highest BCUT2D eigenvalue weighted by atomic mass is 16.2. The lowest BCUT2D eigenvalue weighted by Gasteiger charge is -2.20. The standard InChI is InChI=1S/C19H25N3O3/c1-4-12(2)20-19(25)15-10-18(24)22(11-15)16-5-6-17-14(9-16)7-8-21(17)13(3)23/h5-6,9,12,15H,4,7-8,10-11H2,1-3H3,(H,20,25)/t12-,15+/m0/s1. The lowest BCUT2D eigenvalue weighted by molar-refractivity contribution is -0.126. The zero-order valence-corrected chi connectivity index (χ0v) is 15.0. The van der Waals surface area contributed by atoms with Crippen LogP contribution in [0, 0.1) is 5.92 Å². The van der Waals surface area contributed by atoms with E-state index in [1.807, 2.05) is 32.0 Å². The summed E-state index contributed by atoms with van der Waals surface area (Å²) in [5.41, 5.74) is 2.81. The minimum Gasteiger partial charge on any atom is -0.353 e. The lowest BCUT2D eigenvalue weighted by Crippen LogP contribution is -2.38. The van der Waals surface area contributed by atoms with E-state index < -0.39 is 0 Å².